The summed E-state index contributed by atoms with van der Waals surface area (Å²) in [6, 6.07) is 6.18. The first-order valence-electron chi connectivity index (χ1n) is 7.52. The maximum absolute atomic E-state index is 12.8. The van der Waals surface area contributed by atoms with E-state index in [0.717, 1.165) is 18.7 Å². The van der Waals surface area contributed by atoms with E-state index in [4.69, 9.17) is 0 Å². The molecule has 6 heteroatoms. The average molecular weight is 307 g/mol. The van der Waals surface area contributed by atoms with E-state index in [2.05, 4.69) is 10.2 Å². The number of carbonyl (C=O) groups excluding carboxylic acids is 2. The summed E-state index contributed by atoms with van der Waals surface area (Å²) in [5.74, 6) is -0.649. The first-order chi connectivity index (χ1) is 10.5. The number of likely N-dealkylation sites (N-methyl/N-ethyl adjacent to an activating group) is 1. The number of halogens is 1. The fourth-order valence-corrected chi connectivity index (χ4v) is 2.36. The van der Waals surface area contributed by atoms with Crippen molar-refractivity contribution in [2.75, 3.05) is 39.8 Å². The van der Waals surface area contributed by atoms with E-state index < -0.39 is 0 Å². The molecule has 2 rings (SSSR count). The summed E-state index contributed by atoms with van der Waals surface area (Å²) in [5, 5.41) is 2.73. The van der Waals surface area contributed by atoms with Crippen LogP contribution in [0.4, 0.5) is 4.39 Å². The molecular weight excluding hydrogens is 285 g/mol. The van der Waals surface area contributed by atoms with Crippen LogP contribution in [0.15, 0.2) is 24.3 Å². The molecule has 0 aromatic heterocycles. The lowest BCUT2D eigenvalue weighted by atomic mass is 10.1. The van der Waals surface area contributed by atoms with Crippen molar-refractivity contribution in [3.63, 3.8) is 0 Å². The van der Waals surface area contributed by atoms with Crippen molar-refractivity contribution in [1.29, 1.82) is 0 Å². The third-order valence-electron chi connectivity index (χ3n) is 3.82. The summed E-state index contributed by atoms with van der Waals surface area (Å²) in [7, 11) is 2.02. The van der Waals surface area contributed by atoms with E-state index in [0.29, 0.717) is 26.1 Å². The molecule has 1 aromatic carbocycles. The molecule has 22 heavy (non-hydrogen) atoms. The number of nitrogens with one attached hydrogen (secondary N) is 1. The Morgan fingerprint density at radius 1 is 1.14 bits per heavy atom. The summed E-state index contributed by atoms with van der Waals surface area (Å²) in [4.78, 5) is 27.7. The molecule has 0 spiro atoms. The number of piperazine rings is 1. The van der Waals surface area contributed by atoms with E-state index >= 15 is 0 Å². The molecule has 120 valence electrons. The van der Waals surface area contributed by atoms with Gasteiger partial charge in [0.25, 0.3) is 0 Å². The van der Waals surface area contributed by atoms with Crippen molar-refractivity contribution in [3.8, 4) is 0 Å². The smallest absolute Gasteiger partial charge is 0.232 e. The Bertz CT molecular complexity index is 511. The minimum absolute atomic E-state index is 0.104. The molecule has 1 aromatic rings. The van der Waals surface area contributed by atoms with Gasteiger partial charge in [0, 0.05) is 32.7 Å². The Labute approximate surface area is 130 Å². The van der Waals surface area contributed by atoms with E-state index in [-0.39, 0.29) is 24.1 Å². The summed E-state index contributed by atoms with van der Waals surface area (Å²) >= 11 is 0. The molecule has 1 fully saturated rings. The average Bonchev–Trinajstić information content (AvgIpc) is 2.50. The second-order valence-corrected chi connectivity index (χ2v) is 5.59. The maximum atomic E-state index is 12.8. The van der Waals surface area contributed by atoms with Crippen molar-refractivity contribution < 1.29 is 14.0 Å². The van der Waals surface area contributed by atoms with Crippen LogP contribution in [-0.2, 0) is 16.0 Å². The highest BCUT2D eigenvalue weighted by Gasteiger charge is 2.20. The van der Waals surface area contributed by atoms with Crippen LogP contribution in [0.2, 0.25) is 0 Å². The molecule has 5 nitrogen and oxygen atoms in total. The Balaban J connectivity index is 1.67. The van der Waals surface area contributed by atoms with Gasteiger partial charge in [0.1, 0.15) is 12.2 Å². The van der Waals surface area contributed by atoms with Crippen molar-refractivity contribution >= 4 is 11.8 Å². The van der Waals surface area contributed by atoms with Gasteiger partial charge in [-0.15, -0.1) is 0 Å². The van der Waals surface area contributed by atoms with Crippen molar-refractivity contribution in [3.05, 3.63) is 35.6 Å². The Morgan fingerprint density at radius 3 is 2.41 bits per heavy atom. The standard InChI is InChI=1S/C16H22FN3O2/c1-19-8-10-20(11-9-19)16(22)12-15(21)18-7-6-13-2-4-14(17)5-3-13/h2-5H,6-12H2,1H3,(H,18,21). The SMILES string of the molecule is CN1CCN(C(=O)CC(=O)NCCc2ccc(F)cc2)CC1. The first-order valence-corrected chi connectivity index (χ1v) is 7.52. The van der Waals surface area contributed by atoms with Crippen LogP contribution in [0.1, 0.15) is 12.0 Å². The number of amides is 2. The van der Waals surface area contributed by atoms with Crippen LogP contribution in [0.3, 0.4) is 0 Å². The second kappa shape index (κ2) is 7.89. The number of hydrogen-bond donors (Lipinski definition) is 1. The predicted molar refractivity (Wildman–Crippen MR) is 81.8 cm³/mol. The van der Waals surface area contributed by atoms with Crippen LogP contribution in [0, 0.1) is 5.82 Å². The van der Waals surface area contributed by atoms with Gasteiger partial charge in [0.2, 0.25) is 11.8 Å². The highest BCUT2D eigenvalue weighted by atomic mass is 19.1. The zero-order valence-electron chi connectivity index (χ0n) is 12.8. The lowest BCUT2D eigenvalue weighted by molar-refractivity contribution is -0.137. The van der Waals surface area contributed by atoms with E-state index in [9.17, 15) is 14.0 Å². The monoisotopic (exact) mass is 307 g/mol. The number of nitrogens with zero attached hydrogens (tertiary/aromatic N) is 2. The Morgan fingerprint density at radius 2 is 1.77 bits per heavy atom. The molecule has 0 bridgehead atoms. The molecule has 0 atom stereocenters. The molecule has 1 heterocycles. The summed E-state index contributed by atoms with van der Waals surface area (Å²) in [6.07, 6.45) is 0.516. The molecule has 0 aliphatic carbocycles. The predicted octanol–water partition coefficient (Wildman–Crippen LogP) is 0.648. The topological polar surface area (TPSA) is 52.7 Å². The lowest BCUT2D eigenvalue weighted by Crippen LogP contribution is -2.48. The largest absolute Gasteiger partial charge is 0.355 e. The quantitative estimate of drug-likeness (QED) is 0.813. The molecule has 1 aliphatic rings. The molecule has 1 aliphatic heterocycles. The lowest BCUT2D eigenvalue weighted by Gasteiger charge is -2.32. The van der Waals surface area contributed by atoms with E-state index in [1.165, 1.54) is 12.1 Å². The van der Waals surface area contributed by atoms with Crippen molar-refractivity contribution in [1.82, 2.24) is 15.1 Å². The molecule has 1 saturated heterocycles. The summed E-state index contributed by atoms with van der Waals surface area (Å²) < 4.78 is 12.8. The molecule has 0 radical (unpaired) electrons. The zero-order chi connectivity index (χ0) is 15.9. The Kier molecular flexibility index (Phi) is 5.89. The molecule has 0 unspecified atom stereocenters. The number of rotatable bonds is 5. The van der Waals surface area contributed by atoms with Gasteiger partial charge in [-0.1, -0.05) is 12.1 Å². The fourth-order valence-electron chi connectivity index (χ4n) is 2.36. The number of hydrogen-bond acceptors (Lipinski definition) is 3. The van der Waals surface area contributed by atoms with Crippen LogP contribution in [0.5, 0.6) is 0 Å². The van der Waals surface area contributed by atoms with Crippen molar-refractivity contribution in [2.45, 2.75) is 12.8 Å². The van der Waals surface area contributed by atoms with Gasteiger partial charge in [-0.05, 0) is 31.2 Å². The van der Waals surface area contributed by atoms with Gasteiger partial charge in [0.05, 0.1) is 0 Å². The fraction of sp³-hybridized carbons (Fsp3) is 0.500. The van der Waals surface area contributed by atoms with Gasteiger partial charge in [-0.25, -0.2) is 4.39 Å². The van der Waals surface area contributed by atoms with Gasteiger partial charge in [0.15, 0.2) is 0 Å². The molecule has 2 amide bonds. The summed E-state index contributed by atoms with van der Waals surface area (Å²) in [6.45, 7) is 3.49. The van der Waals surface area contributed by atoms with Crippen LogP contribution >= 0.6 is 0 Å². The Hall–Kier alpha value is -1.95. The van der Waals surface area contributed by atoms with Gasteiger partial charge < -0.3 is 15.1 Å². The van der Waals surface area contributed by atoms with Crippen LogP contribution in [0.25, 0.3) is 0 Å². The van der Waals surface area contributed by atoms with E-state index in [1.807, 2.05) is 7.05 Å². The minimum Gasteiger partial charge on any atom is -0.355 e. The molecule has 0 saturated carbocycles. The minimum atomic E-state index is -0.273. The highest BCUT2D eigenvalue weighted by Crippen LogP contribution is 2.04. The number of carbonyl (C=O) groups is 2. The van der Waals surface area contributed by atoms with Gasteiger partial charge in [-0.3, -0.25) is 9.59 Å². The second-order valence-electron chi connectivity index (χ2n) is 5.59. The third-order valence-corrected chi connectivity index (χ3v) is 3.82. The number of benzene rings is 1. The third kappa shape index (κ3) is 5.11. The van der Waals surface area contributed by atoms with Crippen molar-refractivity contribution in [2.24, 2.45) is 0 Å². The molecule has 1 N–H and O–H groups in total. The molecular formula is C16H22FN3O2. The first kappa shape index (κ1) is 16.4. The highest BCUT2D eigenvalue weighted by molar-refractivity contribution is 5.96. The summed E-state index contributed by atoms with van der Waals surface area (Å²) in [5.41, 5.74) is 0.951. The normalized spacial score (nSPS) is 15.6. The van der Waals surface area contributed by atoms with Gasteiger partial charge in [-0.2, -0.15) is 0 Å². The van der Waals surface area contributed by atoms with Crippen LogP contribution in [-0.4, -0.2) is 61.4 Å². The maximum Gasteiger partial charge on any atom is 0.232 e. The van der Waals surface area contributed by atoms with Crippen LogP contribution < -0.4 is 5.32 Å². The van der Waals surface area contributed by atoms with Gasteiger partial charge >= 0.3 is 0 Å². The zero-order valence-corrected chi connectivity index (χ0v) is 12.8. The van der Waals surface area contributed by atoms with E-state index in [1.54, 1.807) is 17.0 Å².